The summed E-state index contributed by atoms with van der Waals surface area (Å²) in [6.45, 7) is 9.24. The van der Waals surface area contributed by atoms with Crippen LogP contribution in [0, 0.1) is 0 Å². The van der Waals surface area contributed by atoms with Gasteiger partial charge < -0.3 is 8.85 Å². The van der Waals surface area contributed by atoms with Crippen molar-refractivity contribution < 1.29 is 8.85 Å². The Morgan fingerprint density at radius 3 is 1.00 bits per heavy atom. The Labute approximate surface area is 149 Å². The van der Waals surface area contributed by atoms with Gasteiger partial charge in [-0.1, -0.05) is 72.6 Å². The van der Waals surface area contributed by atoms with E-state index in [1.165, 1.54) is 81.2 Å². The van der Waals surface area contributed by atoms with Crippen LogP contribution in [-0.4, -0.2) is 30.9 Å². The number of rotatable bonds is 16. The van der Waals surface area contributed by atoms with E-state index in [9.17, 15) is 0 Å². The Bertz CT molecular complexity index is 234. The second-order valence-corrected chi connectivity index (χ2v) is 15.9. The SMILES string of the molecule is CCC[Si](CCC)(CCCCC[Si](CCC)(CCC)OC)OC. The first-order valence-corrected chi connectivity index (χ1v) is 15.2. The molecular weight excluding hydrogens is 316 g/mol. The Hall–Kier alpha value is 0.354. The van der Waals surface area contributed by atoms with E-state index in [2.05, 4.69) is 27.7 Å². The monoisotopic (exact) mass is 360 g/mol. The molecule has 0 bridgehead atoms. The smallest absolute Gasteiger partial charge is 0.192 e. The van der Waals surface area contributed by atoms with E-state index in [0.29, 0.717) is 0 Å². The molecule has 0 heterocycles. The molecule has 2 nitrogen and oxygen atoms in total. The summed E-state index contributed by atoms with van der Waals surface area (Å²) in [7, 11) is 1.10. The van der Waals surface area contributed by atoms with E-state index in [-0.39, 0.29) is 0 Å². The van der Waals surface area contributed by atoms with Crippen LogP contribution in [0.1, 0.15) is 72.6 Å². The average Bonchev–Trinajstić information content (AvgIpc) is 2.55. The van der Waals surface area contributed by atoms with Crippen molar-refractivity contribution in [1.29, 1.82) is 0 Å². The van der Waals surface area contributed by atoms with Crippen LogP contribution in [-0.2, 0) is 8.85 Å². The van der Waals surface area contributed by atoms with Gasteiger partial charge >= 0.3 is 0 Å². The van der Waals surface area contributed by atoms with Crippen molar-refractivity contribution in [3.05, 3.63) is 0 Å². The van der Waals surface area contributed by atoms with Gasteiger partial charge in [0.2, 0.25) is 0 Å². The van der Waals surface area contributed by atoms with Gasteiger partial charge in [0.05, 0.1) is 0 Å². The highest BCUT2D eigenvalue weighted by Gasteiger charge is 2.33. The Morgan fingerprint density at radius 1 is 0.478 bits per heavy atom. The Balaban J connectivity index is 4.30. The quantitative estimate of drug-likeness (QED) is 0.218. The standard InChI is InChI=1S/C19H44O2Si2/c1-7-14-22(20-5,15-8-2)18-12-11-13-19-23(21-6,16-9-3)17-10-4/h7-19H2,1-6H3. The van der Waals surface area contributed by atoms with Gasteiger partial charge in [-0.15, -0.1) is 0 Å². The lowest BCUT2D eigenvalue weighted by Gasteiger charge is -2.31. The first kappa shape index (κ1) is 23.4. The number of hydrogen-bond donors (Lipinski definition) is 0. The normalized spacial score (nSPS) is 12.8. The molecule has 0 fully saturated rings. The largest absolute Gasteiger partial charge is 0.420 e. The zero-order valence-electron chi connectivity index (χ0n) is 17.0. The zero-order chi connectivity index (χ0) is 17.6. The lowest BCUT2D eigenvalue weighted by atomic mass is 10.3. The molecule has 0 aliphatic heterocycles. The molecule has 0 N–H and O–H groups in total. The summed E-state index contributed by atoms with van der Waals surface area (Å²) in [5.41, 5.74) is 0. The fraction of sp³-hybridized carbons (Fsp3) is 1.00. The molecule has 0 amide bonds. The summed E-state index contributed by atoms with van der Waals surface area (Å²) in [6, 6.07) is 8.13. The molecule has 23 heavy (non-hydrogen) atoms. The first-order chi connectivity index (χ1) is 11.1. The van der Waals surface area contributed by atoms with Crippen molar-refractivity contribution in [2.75, 3.05) is 14.2 Å². The minimum Gasteiger partial charge on any atom is -0.420 e. The number of unbranched alkanes of at least 4 members (excludes halogenated alkanes) is 2. The predicted molar refractivity (Wildman–Crippen MR) is 109 cm³/mol. The van der Waals surface area contributed by atoms with Gasteiger partial charge in [-0.25, -0.2) is 0 Å². The van der Waals surface area contributed by atoms with Crippen LogP contribution >= 0.6 is 0 Å². The summed E-state index contributed by atoms with van der Waals surface area (Å²) in [6.07, 6.45) is 9.25. The maximum absolute atomic E-state index is 6.09. The second-order valence-electron chi connectivity index (χ2n) is 7.33. The molecule has 0 rings (SSSR count). The molecular formula is C19H44O2Si2. The van der Waals surface area contributed by atoms with E-state index in [0.717, 1.165) is 0 Å². The summed E-state index contributed by atoms with van der Waals surface area (Å²) in [5, 5.41) is 0. The first-order valence-electron chi connectivity index (χ1n) is 10.2. The molecule has 0 atom stereocenters. The van der Waals surface area contributed by atoms with Crippen LogP contribution in [0.2, 0.25) is 36.3 Å². The highest BCUT2D eigenvalue weighted by Crippen LogP contribution is 2.30. The van der Waals surface area contributed by atoms with Crippen LogP contribution < -0.4 is 0 Å². The Kier molecular flexibility index (Phi) is 13.8. The molecule has 0 aliphatic rings. The van der Waals surface area contributed by atoms with Crippen molar-refractivity contribution >= 4 is 16.6 Å². The van der Waals surface area contributed by atoms with Crippen LogP contribution in [0.5, 0.6) is 0 Å². The summed E-state index contributed by atoms with van der Waals surface area (Å²) < 4.78 is 12.2. The third-order valence-electron chi connectivity index (χ3n) is 5.45. The van der Waals surface area contributed by atoms with Crippen molar-refractivity contribution in [1.82, 2.24) is 0 Å². The van der Waals surface area contributed by atoms with Gasteiger partial charge in [0.15, 0.2) is 16.6 Å². The van der Waals surface area contributed by atoms with Crippen molar-refractivity contribution in [2.45, 2.75) is 109 Å². The van der Waals surface area contributed by atoms with E-state index in [1.807, 2.05) is 14.2 Å². The van der Waals surface area contributed by atoms with Crippen molar-refractivity contribution in [3.8, 4) is 0 Å². The summed E-state index contributed by atoms with van der Waals surface area (Å²) >= 11 is 0. The molecule has 0 aromatic rings. The second kappa shape index (κ2) is 13.6. The van der Waals surface area contributed by atoms with Crippen LogP contribution in [0.4, 0.5) is 0 Å². The van der Waals surface area contributed by atoms with E-state index in [4.69, 9.17) is 8.85 Å². The highest BCUT2D eigenvalue weighted by atomic mass is 28.4. The molecule has 140 valence electrons. The van der Waals surface area contributed by atoms with Crippen LogP contribution in [0.3, 0.4) is 0 Å². The third-order valence-corrected chi connectivity index (χ3v) is 15.4. The van der Waals surface area contributed by atoms with Gasteiger partial charge in [-0.2, -0.15) is 0 Å². The minimum absolute atomic E-state index is 1.28. The van der Waals surface area contributed by atoms with Crippen LogP contribution in [0.15, 0.2) is 0 Å². The molecule has 0 unspecified atom stereocenters. The predicted octanol–water partition coefficient (Wildman–Crippen LogP) is 6.98. The molecule has 0 saturated heterocycles. The lowest BCUT2D eigenvalue weighted by Crippen LogP contribution is -2.37. The third kappa shape index (κ3) is 8.85. The average molecular weight is 361 g/mol. The van der Waals surface area contributed by atoms with Gasteiger partial charge in [-0.05, 0) is 36.3 Å². The van der Waals surface area contributed by atoms with Crippen LogP contribution in [0.25, 0.3) is 0 Å². The molecule has 0 aromatic heterocycles. The topological polar surface area (TPSA) is 18.5 Å². The molecule has 0 aromatic carbocycles. The van der Waals surface area contributed by atoms with Gasteiger partial charge in [0, 0.05) is 14.2 Å². The van der Waals surface area contributed by atoms with Gasteiger partial charge in [-0.3, -0.25) is 0 Å². The fourth-order valence-corrected chi connectivity index (χ4v) is 12.4. The van der Waals surface area contributed by atoms with E-state index >= 15 is 0 Å². The Morgan fingerprint density at radius 2 is 0.783 bits per heavy atom. The highest BCUT2D eigenvalue weighted by molar-refractivity contribution is 6.74. The maximum atomic E-state index is 6.09. The molecule has 0 radical (unpaired) electrons. The van der Waals surface area contributed by atoms with Gasteiger partial charge in [0.25, 0.3) is 0 Å². The molecule has 0 aliphatic carbocycles. The zero-order valence-corrected chi connectivity index (χ0v) is 19.0. The van der Waals surface area contributed by atoms with E-state index in [1.54, 1.807) is 0 Å². The van der Waals surface area contributed by atoms with E-state index < -0.39 is 16.6 Å². The lowest BCUT2D eigenvalue weighted by molar-refractivity contribution is 0.381. The van der Waals surface area contributed by atoms with Gasteiger partial charge in [0.1, 0.15) is 0 Å². The molecule has 4 heteroatoms. The summed E-state index contributed by atoms with van der Waals surface area (Å²) in [4.78, 5) is 0. The summed E-state index contributed by atoms with van der Waals surface area (Å²) in [5.74, 6) is 0. The van der Waals surface area contributed by atoms with Crippen molar-refractivity contribution in [2.24, 2.45) is 0 Å². The maximum Gasteiger partial charge on any atom is 0.192 e. The fourth-order valence-electron chi connectivity index (χ4n) is 4.26. The molecule has 0 saturated carbocycles. The molecule has 0 spiro atoms. The number of hydrogen-bond acceptors (Lipinski definition) is 2. The van der Waals surface area contributed by atoms with Crippen molar-refractivity contribution in [3.63, 3.8) is 0 Å². The minimum atomic E-state index is -1.42.